The lowest BCUT2D eigenvalue weighted by Crippen LogP contribution is -2.18. The van der Waals surface area contributed by atoms with Gasteiger partial charge in [0, 0.05) is 18.9 Å². The molecule has 0 aliphatic carbocycles. The van der Waals surface area contributed by atoms with Gasteiger partial charge in [-0.15, -0.1) is 10.2 Å². The molecule has 2 aromatic rings. The summed E-state index contributed by atoms with van der Waals surface area (Å²) in [5.41, 5.74) is 1.68. The Morgan fingerprint density at radius 3 is 2.96 bits per heavy atom. The fraction of sp³-hybridized carbons (Fsp3) is 0.438. The number of hydrogen-bond acceptors (Lipinski definition) is 8. The van der Waals surface area contributed by atoms with Crippen molar-refractivity contribution < 1.29 is 14.3 Å². The maximum atomic E-state index is 11.4. The minimum absolute atomic E-state index is 0.290. The van der Waals surface area contributed by atoms with Crippen LogP contribution in [0.25, 0.3) is 0 Å². The third-order valence-corrected chi connectivity index (χ3v) is 5.73. The van der Waals surface area contributed by atoms with Gasteiger partial charge in [0.15, 0.2) is 4.34 Å². The second-order valence-electron chi connectivity index (χ2n) is 5.37. The third kappa shape index (κ3) is 4.68. The van der Waals surface area contributed by atoms with Crippen molar-refractivity contribution in [2.45, 2.75) is 29.0 Å². The highest BCUT2D eigenvalue weighted by Crippen LogP contribution is 2.28. The summed E-state index contributed by atoms with van der Waals surface area (Å²) in [5.74, 6) is 0.460. The number of carbonyl (C=O) groups is 1. The van der Waals surface area contributed by atoms with Gasteiger partial charge in [-0.1, -0.05) is 35.2 Å². The number of anilines is 1. The summed E-state index contributed by atoms with van der Waals surface area (Å²) in [4.78, 5) is 11.4. The van der Waals surface area contributed by atoms with Gasteiger partial charge in [-0.05, 0) is 30.5 Å². The lowest BCUT2D eigenvalue weighted by Gasteiger charge is -2.08. The van der Waals surface area contributed by atoms with Crippen LogP contribution in [0, 0.1) is 0 Å². The van der Waals surface area contributed by atoms with Crippen molar-refractivity contribution in [3.63, 3.8) is 0 Å². The number of benzene rings is 1. The zero-order chi connectivity index (χ0) is 16.8. The van der Waals surface area contributed by atoms with Crippen molar-refractivity contribution >= 4 is 34.2 Å². The fourth-order valence-corrected chi connectivity index (χ4v) is 4.06. The predicted molar refractivity (Wildman–Crippen MR) is 94.7 cm³/mol. The highest BCUT2D eigenvalue weighted by Gasteiger charge is 2.15. The van der Waals surface area contributed by atoms with Gasteiger partial charge in [-0.3, -0.25) is 0 Å². The number of hydrogen-bond donors (Lipinski definition) is 1. The second-order valence-corrected chi connectivity index (χ2v) is 7.57. The number of thioether (sulfide) groups is 1. The highest BCUT2D eigenvalue weighted by atomic mass is 32.2. The van der Waals surface area contributed by atoms with E-state index in [0.717, 1.165) is 46.8 Å². The van der Waals surface area contributed by atoms with Crippen molar-refractivity contribution in [1.29, 1.82) is 0 Å². The van der Waals surface area contributed by atoms with Crippen LogP contribution in [0.4, 0.5) is 5.13 Å². The summed E-state index contributed by atoms with van der Waals surface area (Å²) in [6.07, 6.45) is 2.53. The molecular weight excluding hydrogens is 346 g/mol. The number of carbonyl (C=O) groups excluding carboxylic acids is 1. The van der Waals surface area contributed by atoms with Crippen LogP contribution in [0.1, 0.15) is 28.8 Å². The van der Waals surface area contributed by atoms with Crippen LogP contribution in [0.15, 0.2) is 28.6 Å². The molecule has 1 saturated heterocycles. The molecule has 24 heavy (non-hydrogen) atoms. The zero-order valence-electron chi connectivity index (χ0n) is 13.4. The van der Waals surface area contributed by atoms with Gasteiger partial charge in [-0.2, -0.15) is 0 Å². The summed E-state index contributed by atoms with van der Waals surface area (Å²) >= 11 is 3.18. The van der Waals surface area contributed by atoms with Gasteiger partial charge < -0.3 is 14.8 Å². The molecule has 0 radical (unpaired) electrons. The molecule has 0 unspecified atom stereocenters. The first-order chi connectivity index (χ1) is 11.7. The molecule has 1 fully saturated rings. The fourth-order valence-electron chi connectivity index (χ4n) is 2.35. The Hall–Kier alpha value is -1.64. The second kappa shape index (κ2) is 8.46. The maximum absolute atomic E-state index is 11.4. The van der Waals surface area contributed by atoms with Gasteiger partial charge in [0.1, 0.15) is 0 Å². The Morgan fingerprint density at radius 1 is 1.42 bits per heavy atom. The lowest BCUT2D eigenvalue weighted by atomic mass is 10.1. The van der Waals surface area contributed by atoms with E-state index >= 15 is 0 Å². The number of rotatable bonds is 7. The maximum Gasteiger partial charge on any atom is 0.337 e. The normalized spacial score (nSPS) is 17.0. The van der Waals surface area contributed by atoms with E-state index in [4.69, 9.17) is 9.47 Å². The van der Waals surface area contributed by atoms with Crippen molar-refractivity contribution in [2.75, 3.05) is 25.6 Å². The molecule has 3 rings (SSSR count). The van der Waals surface area contributed by atoms with E-state index in [9.17, 15) is 4.79 Å². The predicted octanol–water partition coefficient (Wildman–Crippen LogP) is 3.21. The van der Waals surface area contributed by atoms with Crippen molar-refractivity contribution in [1.82, 2.24) is 10.2 Å². The SMILES string of the molecule is COC(=O)c1ccc(CSc2nnc(NC[C@@H]3CCCO3)s2)cc1. The average molecular weight is 365 g/mol. The molecular formula is C16H19N3O3S2. The van der Waals surface area contributed by atoms with Gasteiger partial charge in [0.05, 0.1) is 18.8 Å². The lowest BCUT2D eigenvalue weighted by molar-refractivity contribution is 0.0600. The summed E-state index contributed by atoms with van der Waals surface area (Å²) in [6, 6.07) is 7.40. The smallest absolute Gasteiger partial charge is 0.337 e. The van der Waals surface area contributed by atoms with Gasteiger partial charge >= 0.3 is 5.97 Å². The topological polar surface area (TPSA) is 73.3 Å². The van der Waals surface area contributed by atoms with Crippen LogP contribution in [0.2, 0.25) is 0 Å². The first-order valence-electron chi connectivity index (χ1n) is 7.73. The quantitative estimate of drug-likeness (QED) is 0.596. The van der Waals surface area contributed by atoms with Crippen LogP contribution in [0.3, 0.4) is 0 Å². The summed E-state index contributed by atoms with van der Waals surface area (Å²) in [5, 5.41) is 12.5. The molecule has 1 aliphatic rings. The minimum Gasteiger partial charge on any atom is -0.465 e. The standard InChI is InChI=1S/C16H19N3O3S2/c1-21-14(20)12-6-4-11(5-7-12)10-23-16-19-18-15(24-16)17-9-13-3-2-8-22-13/h4-7,13H,2-3,8-10H2,1H3,(H,17,18)/t13-/m0/s1. The largest absolute Gasteiger partial charge is 0.465 e. The molecule has 128 valence electrons. The van der Waals surface area contributed by atoms with E-state index in [-0.39, 0.29) is 5.97 Å². The van der Waals surface area contributed by atoms with Gasteiger partial charge in [-0.25, -0.2) is 4.79 Å². The summed E-state index contributed by atoms with van der Waals surface area (Å²) in [7, 11) is 1.38. The highest BCUT2D eigenvalue weighted by molar-refractivity contribution is 8.00. The molecule has 0 bridgehead atoms. The number of methoxy groups -OCH3 is 1. The molecule has 0 saturated carbocycles. The Morgan fingerprint density at radius 2 is 2.25 bits per heavy atom. The van der Waals surface area contributed by atoms with Crippen molar-refractivity contribution in [3.8, 4) is 0 Å². The Labute approximate surface area is 149 Å². The van der Waals surface area contributed by atoms with E-state index in [1.165, 1.54) is 7.11 Å². The molecule has 1 aliphatic heterocycles. The van der Waals surface area contributed by atoms with E-state index < -0.39 is 0 Å². The van der Waals surface area contributed by atoms with E-state index in [1.54, 1.807) is 35.2 Å². The van der Waals surface area contributed by atoms with Crippen LogP contribution >= 0.6 is 23.1 Å². The van der Waals surface area contributed by atoms with Crippen molar-refractivity contribution in [2.24, 2.45) is 0 Å². The molecule has 1 N–H and O–H groups in total. The Kier molecular flexibility index (Phi) is 6.06. The van der Waals surface area contributed by atoms with E-state index in [0.29, 0.717) is 11.7 Å². The summed E-state index contributed by atoms with van der Waals surface area (Å²) in [6.45, 7) is 1.65. The molecule has 1 aromatic carbocycles. The van der Waals surface area contributed by atoms with Crippen LogP contribution in [-0.2, 0) is 15.2 Å². The summed E-state index contributed by atoms with van der Waals surface area (Å²) < 4.78 is 11.2. The molecule has 2 heterocycles. The molecule has 8 heteroatoms. The molecule has 1 aromatic heterocycles. The monoisotopic (exact) mass is 365 g/mol. The number of esters is 1. The number of ether oxygens (including phenoxy) is 2. The van der Waals surface area contributed by atoms with Crippen LogP contribution in [0.5, 0.6) is 0 Å². The number of nitrogens with zero attached hydrogens (tertiary/aromatic N) is 2. The molecule has 1 atom stereocenters. The molecule has 0 spiro atoms. The van der Waals surface area contributed by atoms with Crippen LogP contribution in [-0.4, -0.2) is 42.5 Å². The molecule has 6 nitrogen and oxygen atoms in total. The van der Waals surface area contributed by atoms with Crippen molar-refractivity contribution in [3.05, 3.63) is 35.4 Å². The Bertz CT molecular complexity index is 669. The third-order valence-electron chi connectivity index (χ3n) is 3.65. The number of nitrogens with one attached hydrogen (secondary N) is 1. The van der Waals surface area contributed by atoms with Gasteiger partial charge in [0.25, 0.3) is 0 Å². The first kappa shape index (κ1) is 17.2. The van der Waals surface area contributed by atoms with Crippen LogP contribution < -0.4 is 5.32 Å². The zero-order valence-corrected chi connectivity index (χ0v) is 15.0. The number of aromatic nitrogens is 2. The molecule has 0 amide bonds. The van der Waals surface area contributed by atoms with E-state index in [1.807, 2.05) is 12.1 Å². The first-order valence-corrected chi connectivity index (χ1v) is 9.54. The van der Waals surface area contributed by atoms with E-state index in [2.05, 4.69) is 15.5 Å². The Balaban J connectivity index is 1.47. The minimum atomic E-state index is -0.319. The van der Waals surface area contributed by atoms with Gasteiger partial charge in [0.2, 0.25) is 5.13 Å². The average Bonchev–Trinajstić information content (AvgIpc) is 3.29.